The van der Waals surface area contributed by atoms with Gasteiger partial charge in [-0.2, -0.15) is 0 Å². The molecule has 3 aliphatic carbocycles. The fourth-order valence-corrected chi connectivity index (χ4v) is 6.79. The van der Waals surface area contributed by atoms with Crippen LogP contribution in [0.5, 0.6) is 5.75 Å². The predicted octanol–water partition coefficient (Wildman–Crippen LogP) is 0.529. The highest BCUT2D eigenvalue weighted by atomic mass is 32.2. The van der Waals surface area contributed by atoms with E-state index in [1.807, 2.05) is 0 Å². The summed E-state index contributed by atoms with van der Waals surface area (Å²) >= 11 is 0. The van der Waals surface area contributed by atoms with Gasteiger partial charge in [0.15, 0.2) is 11.4 Å². The van der Waals surface area contributed by atoms with E-state index in [-0.39, 0.29) is 47.5 Å². The maximum absolute atomic E-state index is 13.7. The van der Waals surface area contributed by atoms with Crippen molar-refractivity contribution in [3.05, 3.63) is 52.7 Å². The Bertz CT molecular complexity index is 1410. The molecule has 0 aliphatic heterocycles. The Labute approximate surface area is 214 Å². The fraction of sp³-hybridized carbons (Fsp3) is 0.385. The number of amides is 1. The van der Waals surface area contributed by atoms with Gasteiger partial charge in [0.2, 0.25) is 11.7 Å². The lowest BCUT2D eigenvalue weighted by atomic mass is 9.56. The molecule has 1 heterocycles. The largest absolute Gasteiger partial charge is 0.507 e. The second-order valence-corrected chi connectivity index (χ2v) is 11.4. The summed E-state index contributed by atoms with van der Waals surface area (Å²) in [6.07, 6.45) is 1.66. The molecule has 3 unspecified atom stereocenters. The number of phenolic OH excluding ortho intramolecular Hbond substituents is 1. The number of carbonyl (C=O) groups is 3. The molecule has 1 aromatic heterocycles. The van der Waals surface area contributed by atoms with Gasteiger partial charge in [0.1, 0.15) is 17.4 Å². The van der Waals surface area contributed by atoms with E-state index in [9.17, 15) is 39.0 Å². The Morgan fingerprint density at radius 3 is 2.59 bits per heavy atom. The highest BCUT2D eigenvalue weighted by Crippen LogP contribution is 2.53. The molecule has 0 radical (unpaired) electrons. The zero-order chi connectivity index (χ0) is 26.8. The van der Waals surface area contributed by atoms with Crippen molar-refractivity contribution < 1.29 is 39.0 Å². The maximum Gasteiger partial charge on any atom is 0.230 e. The quantitative estimate of drug-likeness (QED) is 0.354. The lowest BCUT2D eigenvalue weighted by molar-refractivity contribution is -0.174. The van der Waals surface area contributed by atoms with E-state index >= 15 is 0 Å². The Hall–Kier alpha value is -3.41. The number of aromatic nitrogens is 1. The van der Waals surface area contributed by atoms with Crippen molar-refractivity contribution in [3.8, 4) is 17.0 Å². The monoisotopic (exact) mass is 526 g/mol. The van der Waals surface area contributed by atoms with Crippen LogP contribution in [0.25, 0.3) is 17.0 Å². The summed E-state index contributed by atoms with van der Waals surface area (Å²) in [5, 5.41) is 44.3. The van der Waals surface area contributed by atoms with E-state index < -0.39 is 63.5 Å². The molecule has 6 N–H and O–H groups in total. The van der Waals surface area contributed by atoms with Gasteiger partial charge in [-0.1, -0.05) is 6.07 Å². The summed E-state index contributed by atoms with van der Waals surface area (Å²) in [6, 6.07) is 6.93. The van der Waals surface area contributed by atoms with Crippen LogP contribution in [-0.2, 0) is 37.4 Å². The number of benzene rings is 1. The SMILES string of the molecule is CS(=O)Cc1cc(-c2ccccn2)c2c(c1O)C(O)=C1C(=O)[C@]3(O)C(=O)C(C(N)=O)C(O)C[C@@H]3C[C@@H]1C2. The van der Waals surface area contributed by atoms with Crippen LogP contribution in [-0.4, -0.2) is 65.1 Å². The predicted molar refractivity (Wildman–Crippen MR) is 132 cm³/mol. The zero-order valence-electron chi connectivity index (χ0n) is 19.9. The first kappa shape index (κ1) is 25.2. The minimum Gasteiger partial charge on any atom is -0.507 e. The van der Waals surface area contributed by atoms with Crippen molar-refractivity contribution in [1.29, 1.82) is 0 Å². The number of fused-ring (bicyclic) bond motifs is 3. The number of nitrogens with zero attached hydrogens (tertiary/aromatic N) is 1. The molecular weight excluding hydrogens is 500 g/mol. The molecule has 0 bridgehead atoms. The Morgan fingerprint density at radius 1 is 1.24 bits per heavy atom. The maximum atomic E-state index is 13.7. The Morgan fingerprint density at radius 2 is 1.97 bits per heavy atom. The molecule has 2 fully saturated rings. The second kappa shape index (κ2) is 8.86. The minimum atomic E-state index is -2.64. The van der Waals surface area contributed by atoms with Crippen molar-refractivity contribution in [2.45, 2.75) is 36.7 Å². The van der Waals surface area contributed by atoms with Gasteiger partial charge >= 0.3 is 0 Å². The lowest BCUT2D eigenvalue weighted by Gasteiger charge is -2.48. The van der Waals surface area contributed by atoms with Crippen molar-refractivity contribution in [2.75, 3.05) is 6.26 Å². The Balaban J connectivity index is 1.72. The van der Waals surface area contributed by atoms with Gasteiger partial charge in [-0.05, 0) is 48.9 Å². The average molecular weight is 527 g/mol. The van der Waals surface area contributed by atoms with Gasteiger partial charge in [0.25, 0.3) is 0 Å². The first-order valence-electron chi connectivity index (χ1n) is 11.8. The van der Waals surface area contributed by atoms with Crippen LogP contribution in [0, 0.1) is 17.8 Å². The summed E-state index contributed by atoms with van der Waals surface area (Å²) in [4.78, 5) is 43.0. The van der Waals surface area contributed by atoms with Gasteiger partial charge in [-0.3, -0.25) is 23.6 Å². The molecule has 5 rings (SSSR count). The smallest absolute Gasteiger partial charge is 0.230 e. The van der Waals surface area contributed by atoms with Crippen LogP contribution >= 0.6 is 0 Å². The molecule has 2 saturated carbocycles. The van der Waals surface area contributed by atoms with E-state index in [1.54, 1.807) is 30.5 Å². The lowest BCUT2D eigenvalue weighted by Crippen LogP contribution is -2.66. The van der Waals surface area contributed by atoms with Gasteiger partial charge < -0.3 is 26.2 Å². The standard InChI is InChI=1S/C26H26N2O8S/c1-37(36)10-12-8-14(16-4-2-3-5-28-16)15-7-11-6-13-9-17(29)20(25(27)34)24(33)26(13,35)23(32)18(11)22(31)19(15)21(12)30/h2-5,8,11,13,17,20,29-31,35H,6-7,9-10H2,1H3,(H2,27,34)/t11-,13+,17?,20?,26+,37?/m1/s1. The molecule has 10 nitrogen and oxygen atoms in total. The highest BCUT2D eigenvalue weighted by molar-refractivity contribution is 7.83. The molecule has 0 spiro atoms. The van der Waals surface area contributed by atoms with Crippen molar-refractivity contribution in [3.63, 3.8) is 0 Å². The molecule has 0 saturated heterocycles. The first-order chi connectivity index (χ1) is 17.5. The normalized spacial score (nSPS) is 29.8. The van der Waals surface area contributed by atoms with Crippen LogP contribution in [0.3, 0.4) is 0 Å². The molecule has 1 amide bonds. The first-order valence-corrected chi connectivity index (χ1v) is 13.5. The minimum absolute atomic E-state index is 0.0262. The van der Waals surface area contributed by atoms with E-state index in [0.717, 1.165) is 0 Å². The van der Waals surface area contributed by atoms with Crippen LogP contribution < -0.4 is 5.73 Å². The number of carbonyl (C=O) groups excluding carboxylic acids is 3. The van der Waals surface area contributed by atoms with Crippen LogP contribution in [0.15, 0.2) is 36.0 Å². The third kappa shape index (κ3) is 3.72. The number of nitrogens with two attached hydrogens (primary N) is 1. The molecule has 11 heteroatoms. The van der Waals surface area contributed by atoms with Gasteiger partial charge in [-0.15, -0.1) is 0 Å². The number of ketones is 2. The number of Topliss-reactive ketones (excluding diaryl/α,β-unsaturated/α-hetero) is 2. The highest BCUT2D eigenvalue weighted by Gasteiger charge is 2.64. The number of aliphatic hydroxyl groups is 3. The van der Waals surface area contributed by atoms with Crippen molar-refractivity contribution in [2.24, 2.45) is 23.5 Å². The van der Waals surface area contributed by atoms with Crippen molar-refractivity contribution >= 4 is 34.0 Å². The number of hydrogen-bond donors (Lipinski definition) is 5. The molecular formula is C26H26N2O8S. The van der Waals surface area contributed by atoms with E-state index in [4.69, 9.17) is 5.73 Å². The van der Waals surface area contributed by atoms with Crippen LogP contribution in [0.2, 0.25) is 0 Å². The topological polar surface area (TPSA) is 188 Å². The fourth-order valence-electron chi connectivity index (χ4n) is 6.13. The van der Waals surface area contributed by atoms with E-state index in [1.165, 1.54) is 6.26 Å². The van der Waals surface area contributed by atoms with Crippen molar-refractivity contribution in [1.82, 2.24) is 4.98 Å². The van der Waals surface area contributed by atoms with Gasteiger partial charge in [0, 0.05) is 45.9 Å². The number of primary amides is 1. The summed E-state index contributed by atoms with van der Waals surface area (Å²) < 4.78 is 12.0. The zero-order valence-corrected chi connectivity index (χ0v) is 20.7. The Kier molecular flexibility index (Phi) is 6.05. The third-order valence-electron chi connectivity index (χ3n) is 7.76. The van der Waals surface area contributed by atoms with E-state index in [2.05, 4.69) is 4.98 Å². The second-order valence-electron chi connectivity index (χ2n) is 9.96. The number of aliphatic hydroxyl groups excluding tert-OH is 2. The van der Waals surface area contributed by atoms with E-state index in [0.29, 0.717) is 16.8 Å². The molecule has 37 heavy (non-hydrogen) atoms. The molecule has 194 valence electrons. The molecule has 3 aliphatic rings. The van der Waals surface area contributed by atoms with Crippen LogP contribution in [0.4, 0.5) is 0 Å². The number of aromatic hydroxyl groups is 1. The summed E-state index contributed by atoms with van der Waals surface area (Å²) in [7, 11) is -1.34. The molecule has 6 atom stereocenters. The third-order valence-corrected chi connectivity index (χ3v) is 8.48. The number of pyridine rings is 1. The molecule has 2 aromatic rings. The average Bonchev–Trinajstić information content (AvgIpc) is 2.83. The number of phenols is 1. The summed E-state index contributed by atoms with van der Waals surface area (Å²) in [6.45, 7) is 0. The van der Waals surface area contributed by atoms with Gasteiger partial charge in [0.05, 0.1) is 23.1 Å². The van der Waals surface area contributed by atoms with Gasteiger partial charge in [-0.25, -0.2) is 0 Å². The number of hydrogen-bond acceptors (Lipinski definition) is 9. The summed E-state index contributed by atoms with van der Waals surface area (Å²) in [5.74, 6) is -7.75. The molecule has 1 aromatic carbocycles. The van der Waals surface area contributed by atoms with Crippen LogP contribution in [0.1, 0.15) is 29.5 Å². The number of rotatable bonds is 4. The summed E-state index contributed by atoms with van der Waals surface area (Å²) in [5.41, 5.74) is 4.29.